The zero-order valence-electron chi connectivity index (χ0n) is 17.3. The highest BCUT2D eigenvalue weighted by Crippen LogP contribution is 2.23. The molecule has 0 aliphatic rings. The molecule has 0 saturated heterocycles. The number of benzene rings is 1. The monoisotopic (exact) mass is 395 g/mol. The highest BCUT2D eigenvalue weighted by atomic mass is 16.5. The number of nitrogens with zero attached hydrogens (tertiary/aromatic N) is 5. The molecular formula is C21H25N5O3. The van der Waals surface area contributed by atoms with E-state index in [9.17, 15) is 4.79 Å². The standard InChI is InChI=1S/C21H25N5O3/c1-6-17-16(12-22-26(17)19-9-10-20(29-5)24-23-19)21(27)25(3)13-15-11-14(2)7-8-18(15)28-4/h7-12H,6,13H2,1-5H3. The molecule has 2 heterocycles. The zero-order chi connectivity index (χ0) is 21.0. The largest absolute Gasteiger partial charge is 0.496 e. The third kappa shape index (κ3) is 4.21. The fourth-order valence-electron chi connectivity index (χ4n) is 3.19. The van der Waals surface area contributed by atoms with Crippen LogP contribution in [0.15, 0.2) is 36.5 Å². The molecule has 3 aromatic rings. The minimum Gasteiger partial charge on any atom is -0.496 e. The van der Waals surface area contributed by atoms with Crippen LogP contribution in [0.4, 0.5) is 0 Å². The second-order valence-electron chi connectivity index (χ2n) is 6.68. The number of carbonyl (C=O) groups excluding carboxylic acids is 1. The van der Waals surface area contributed by atoms with Crippen molar-refractivity contribution >= 4 is 5.91 Å². The summed E-state index contributed by atoms with van der Waals surface area (Å²) in [5.41, 5.74) is 3.38. The van der Waals surface area contributed by atoms with Gasteiger partial charge in [0.1, 0.15) is 5.75 Å². The van der Waals surface area contributed by atoms with E-state index in [0.717, 1.165) is 22.6 Å². The van der Waals surface area contributed by atoms with Gasteiger partial charge in [-0.2, -0.15) is 5.10 Å². The van der Waals surface area contributed by atoms with Gasteiger partial charge in [-0.05, 0) is 25.5 Å². The van der Waals surface area contributed by atoms with Gasteiger partial charge in [-0.3, -0.25) is 4.79 Å². The highest BCUT2D eigenvalue weighted by Gasteiger charge is 2.22. The molecule has 0 saturated carbocycles. The average Bonchev–Trinajstić information content (AvgIpc) is 3.17. The van der Waals surface area contributed by atoms with Gasteiger partial charge in [-0.1, -0.05) is 24.6 Å². The number of aromatic nitrogens is 4. The Morgan fingerprint density at radius 3 is 2.55 bits per heavy atom. The summed E-state index contributed by atoms with van der Waals surface area (Å²) in [6.45, 7) is 4.42. The van der Waals surface area contributed by atoms with Crippen LogP contribution in [0.3, 0.4) is 0 Å². The third-order valence-corrected chi connectivity index (χ3v) is 4.68. The first-order chi connectivity index (χ1) is 14.0. The van der Waals surface area contributed by atoms with Crippen LogP contribution in [0.1, 0.15) is 34.1 Å². The molecule has 0 aliphatic heterocycles. The first kappa shape index (κ1) is 20.3. The van der Waals surface area contributed by atoms with Crippen molar-refractivity contribution in [2.24, 2.45) is 0 Å². The molecular weight excluding hydrogens is 370 g/mol. The van der Waals surface area contributed by atoms with Crippen molar-refractivity contribution in [2.75, 3.05) is 21.3 Å². The first-order valence-electron chi connectivity index (χ1n) is 9.32. The molecule has 0 bridgehead atoms. The summed E-state index contributed by atoms with van der Waals surface area (Å²) in [5.74, 6) is 1.60. The van der Waals surface area contributed by atoms with Gasteiger partial charge in [0.05, 0.1) is 31.7 Å². The normalized spacial score (nSPS) is 10.7. The van der Waals surface area contributed by atoms with Crippen LogP contribution in [0, 0.1) is 6.92 Å². The first-order valence-corrected chi connectivity index (χ1v) is 9.32. The van der Waals surface area contributed by atoms with Gasteiger partial charge in [-0.25, -0.2) is 4.68 Å². The van der Waals surface area contributed by atoms with Crippen molar-refractivity contribution in [2.45, 2.75) is 26.8 Å². The van der Waals surface area contributed by atoms with Gasteiger partial charge in [0.25, 0.3) is 5.91 Å². The Morgan fingerprint density at radius 1 is 1.14 bits per heavy atom. The Kier molecular flexibility index (Phi) is 6.11. The van der Waals surface area contributed by atoms with E-state index in [1.54, 1.807) is 42.1 Å². The minimum atomic E-state index is -0.113. The Balaban J connectivity index is 1.87. The molecule has 0 atom stereocenters. The van der Waals surface area contributed by atoms with E-state index in [1.165, 1.54) is 7.11 Å². The summed E-state index contributed by atoms with van der Waals surface area (Å²) in [6.07, 6.45) is 2.20. The maximum Gasteiger partial charge on any atom is 0.257 e. The summed E-state index contributed by atoms with van der Waals surface area (Å²) in [7, 11) is 4.93. The summed E-state index contributed by atoms with van der Waals surface area (Å²) >= 11 is 0. The lowest BCUT2D eigenvalue weighted by molar-refractivity contribution is 0.0783. The summed E-state index contributed by atoms with van der Waals surface area (Å²) < 4.78 is 12.1. The van der Waals surface area contributed by atoms with Crippen molar-refractivity contribution in [3.05, 3.63) is 58.9 Å². The summed E-state index contributed by atoms with van der Waals surface area (Å²) in [4.78, 5) is 14.8. The summed E-state index contributed by atoms with van der Waals surface area (Å²) in [5, 5.41) is 12.5. The molecule has 0 fully saturated rings. The molecule has 2 aromatic heterocycles. The summed E-state index contributed by atoms with van der Waals surface area (Å²) in [6, 6.07) is 9.40. The Hall–Kier alpha value is -3.42. The van der Waals surface area contributed by atoms with Crippen molar-refractivity contribution in [1.29, 1.82) is 0 Å². The average molecular weight is 395 g/mol. The fraction of sp³-hybridized carbons (Fsp3) is 0.333. The number of aryl methyl sites for hydroxylation is 1. The van der Waals surface area contributed by atoms with Gasteiger partial charge in [0.2, 0.25) is 5.88 Å². The van der Waals surface area contributed by atoms with E-state index in [2.05, 4.69) is 15.3 Å². The number of ether oxygens (including phenoxy) is 2. The Labute approximate surface area is 170 Å². The van der Waals surface area contributed by atoms with Crippen LogP contribution in [-0.2, 0) is 13.0 Å². The van der Waals surface area contributed by atoms with Crippen LogP contribution in [0.25, 0.3) is 5.82 Å². The number of amides is 1. The molecule has 0 radical (unpaired) electrons. The van der Waals surface area contributed by atoms with Crippen LogP contribution >= 0.6 is 0 Å². The molecule has 1 amide bonds. The van der Waals surface area contributed by atoms with Crippen molar-refractivity contribution < 1.29 is 14.3 Å². The van der Waals surface area contributed by atoms with E-state index in [4.69, 9.17) is 9.47 Å². The second-order valence-corrected chi connectivity index (χ2v) is 6.68. The van der Waals surface area contributed by atoms with Gasteiger partial charge >= 0.3 is 0 Å². The van der Waals surface area contributed by atoms with Gasteiger partial charge in [0, 0.05) is 25.2 Å². The van der Waals surface area contributed by atoms with E-state index in [-0.39, 0.29) is 5.91 Å². The van der Waals surface area contributed by atoms with Gasteiger partial charge < -0.3 is 14.4 Å². The number of hydrogen-bond acceptors (Lipinski definition) is 6. The number of hydrogen-bond donors (Lipinski definition) is 0. The predicted molar refractivity (Wildman–Crippen MR) is 109 cm³/mol. The molecule has 0 unspecified atom stereocenters. The molecule has 0 N–H and O–H groups in total. The predicted octanol–water partition coefficient (Wildman–Crippen LogP) is 2.82. The molecule has 0 aliphatic carbocycles. The van der Waals surface area contributed by atoms with Crippen molar-refractivity contribution in [3.8, 4) is 17.4 Å². The molecule has 3 rings (SSSR count). The third-order valence-electron chi connectivity index (χ3n) is 4.68. The lowest BCUT2D eigenvalue weighted by Crippen LogP contribution is -2.27. The van der Waals surface area contributed by atoms with Crippen LogP contribution in [0.5, 0.6) is 11.6 Å². The quantitative estimate of drug-likeness (QED) is 0.612. The zero-order valence-corrected chi connectivity index (χ0v) is 17.3. The van der Waals surface area contributed by atoms with E-state index >= 15 is 0 Å². The lowest BCUT2D eigenvalue weighted by atomic mass is 10.1. The smallest absolute Gasteiger partial charge is 0.257 e. The van der Waals surface area contributed by atoms with E-state index in [1.807, 2.05) is 32.0 Å². The van der Waals surface area contributed by atoms with Gasteiger partial charge in [-0.15, -0.1) is 10.2 Å². The molecule has 0 spiro atoms. The van der Waals surface area contributed by atoms with Crippen molar-refractivity contribution in [3.63, 3.8) is 0 Å². The van der Waals surface area contributed by atoms with Gasteiger partial charge in [0.15, 0.2) is 5.82 Å². The van der Waals surface area contributed by atoms with Crippen molar-refractivity contribution in [1.82, 2.24) is 24.9 Å². The Morgan fingerprint density at radius 2 is 1.93 bits per heavy atom. The van der Waals surface area contributed by atoms with E-state index in [0.29, 0.717) is 30.2 Å². The molecule has 1 aromatic carbocycles. The number of methoxy groups -OCH3 is 2. The van der Waals surface area contributed by atoms with Crippen LogP contribution < -0.4 is 9.47 Å². The number of carbonyl (C=O) groups is 1. The molecule has 8 nitrogen and oxygen atoms in total. The van der Waals surface area contributed by atoms with Crippen LogP contribution in [-0.4, -0.2) is 52.1 Å². The van der Waals surface area contributed by atoms with Crippen LogP contribution in [0.2, 0.25) is 0 Å². The van der Waals surface area contributed by atoms with E-state index < -0.39 is 0 Å². The second kappa shape index (κ2) is 8.72. The molecule has 29 heavy (non-hydrogen) atoms. The topological polar surface area (TPSA) is 82.4 Å². The lowest BCUT2D eigenvalue weighted by Gasteiger charge is -2.19. The molecule has 152 valence electrons. The molecule has 8 heteroatoms. The maximum atomic E-state index is 13.1. The fourth-order valence-corrected chi connectivity index (χ4v) is 3.19. The Bertz CT molecular complexity index is 998. The minimum absolute atomic E-state index is 0.113. The highest BCUT2D eigenvalue weighted by molar-refractivity contribution is 5.95. The maximum absolute atomic E-state index is 13.1. The SMILES string of the molecule is CCc1c(C(=O)N(C)Cc2cc(C)ccc2OC)cnn1-c1ccc(OC)nn1. The number of rotatable bonds is 7.